The lowest BCUT2D eigenvalue weighted by Gasteiger charge is -2.37. The van der Waals surface area contributed by atoms with Crippen LogP contribution < -0.4 is 9.80 Å². The predicted molar refractivity (Wildman–Crippen MR) is 178 cm³/mol. The Morgan fingerprint density at radius 3 is 1.47 bits per heavy atom. The van der Waals surface area contributed by atoms with E-state index in [-0.39, 0.29) is 11.8 Å². The summed E-state index contributed by atoms with van der Waals surface area (Å²) in [5.41, 5.74) is 2.11. The number of carbonyl (C=O) groups is 2. The van der Waals surface area contributed by atoms with E-state index >= 15 is 0 Å². The van der Waals surface area contributed by atoms with Crippen molar-refractivity contribution in [3.8, 4) is 0 Å². The minimum absolute atomic E-state index is 0.256. The van der Waals surface area contributed by atoms with Crippen LogP contribution in [0.3, 0.4) is 0 Å². The number of hydrogen-bond acceptors (Lipinski definition) is 8. The van der Waals surface area contributed by atoms with E-state index in [1.807, 2.05) is 21.9 Å². The van der Waals surface area contributed by atoms with Gasteiger partial charge in [0.15, 0.2) is 10.3 Å². The molecule has 228 valence electrons. The van der Waals surface area contributed by atoms with E-state index in [2.05, 4.69) is 60.3 Å². The van der Waals surface area contributed by atoms with Gasteiger partial charge in [0.25, 0.3) is 0 Å². The highest BCUT2D eigenvalue weighted by atomic mass is 32.1. The summed E-state index contributed by atoms with van der Waals surface area (Å²) in [5, 5.41) is 2.11. The molecule has 8 nitrogen and oxygen atoms in total. The van der Waals surface area contributed by atoms with Crippen molar-refractivity contribution in [2.45, 2.75) is 69.9 Å². The SMILES string of the molecule is CN(c1nc2ccccc2s1)C1CCN(C(=O)CCCCCC(=O)N2CCC(N(C)c3nc4ccccc4s3)CC2)CC1. The van der Waals surface area contributed by atoms with E-state index in [1.54, 1.807) is 22.7 Å². The van der Waals surface area contributed by atoms with Crippen molar-refractivity contribution in [3.63, 3.8) is 0 Å². The summed E-state index contributed by atoms with van der Waals surface area (Å²) in [6.45, 7) is 3.23. The van der Waals surface area contributed by atoms with Crippen molar-refractivity contribution in [1.29, 1.82) is 0 Å². The molecule has 0 N–H and O–H groups in total. The van der Waals surface area contributed by atoms with Gasteiger partial charge in [-0.1, -0.05) is 53.4 Å². The number of likely N-dealkylation sites (tertiary alicyclic amines) is 2. The van der Waals surface area contributed by atoms with Gasteiger partial charge in [-0.3, -0.25) is 9.59 Å². The van der Waals surface area contributed by atoms with E-state index in [9.17, 15) is 9.59 Å². The number of para-hydroxylation sites is 2. The maximum absolute atomic E-state index is 12.9. The molecular weight excluding hydrogens is 577 g/mol. The van der Waals surface area contributed by atoms with E-state index < -0.39 is 0 Å². The summed E-state index contributed by atoms with van der Waals surface area (Å²) in [5.74, 6) is 0.512. The molecule has 2 aliphatic heterocycles. The fourth-order valence-electron chi connectivity index (χ4n) is 6.38. The summed E-state index contributed by atoms with van der Waals surface area (Å²) >= 11 is 3.47. The molecule has 6 rings (SSSR count). The fourth-order valence-corrected chi connectivity index (χ4v) is 8.38. The molecule has 10 heteroatoms. The van der Waals surface area contributed by atoms with Crippen molar-refractivity contribution in [3.05, 3.63) is 48.5 Å². The van der Waals surface area contributed by atoms with Crippen LogP contribution in [0.25, 0.3) is 20.4 Å². The van der Waals surface area contributed by atoms with Gasteiger partial charge in [0, 0.05) is 65.2 Å². The molecule has 2 aromatic carbocycles. The zero-order valence-corrected chi connectivity index (χ0v) is 26.9. The first-order valence-electron chi connectivity index (χ1n) is 15.7. The maximum Gasteiger partial charge on any atom is 0.222 e. The highest BCUT2D eigenvalue weighted by molar-refractivity contribution is 7.22. The van der Waals surface area contributed by atoms with Gasteiger partial charge >= 0.3 is 0 Å². The van der Waals surface area contributed by atoms with Crippen LogP contribution in [0.5, 0.6) is 0 Å². The molecule has 0 unspecified atom stereocenters. The second-order valence-electron chi connectivity index (χ2n) is 11.9. The lowest BCUT2D eigenvalue weighted by Crippen LogP contribution is -2.45. The minimum Gasteiger partial charge on any atom is -0.348 e. The Balaban J connectivity index is 0.853. The third-order valence-corrected chi connectivity index (χ3v) is 11.4. The van der Waals surface area contributed by atoms with Gasteiger partial charge in [0.1, 0.15) is 0 Å². The molecule has 4 heterocycles. The molecule has 43 heavy (non-hydrogen) atoms. The predicted octanol–water partition coefficient (Wildman–Crippen LogP) is 6.41. The molecule has 2 aliphatic rings. The minimum atomic E-state index is 0.256. The number of amides is 2. The van der Waals surface area contributed by atoms with Crippen molar-refractivity contribution in [2.75, 3.05) is 50.1 Å². The summed E-state index contributed by atoms with van der Waals surface area (Å²) < 4.78 is 2.43. The normalized spacial score (nSPS) is 16.7. The number of unbranched alkanes of at least 4 members (excludes halogenated alkanes) is 2. The number of aromatic nitrogens is 2. The second kappa shape index (κ2) is 13.6. The number of thiazole rings is 2. The summed E-state index contributed by atoms with van der Waals surface area (Å²) in [6, 6.07) is 17.4. The highest BCUT2D eigenvalue weighted by Crippen LogP contribution is 2.32. The molecule has 0 atom stereocenters. The number of piperidine rings is 2. The van der Waals surface area contributed by atoms with E-state index in [4.69, 9.17) is 9.97 Å². The molecule has 2 amide bonds. The molecule has 0 radical (unpaired) electrons. The smallest absolute Gasteiger partial charge is 0.222 e. The van der Waals surface area contributed by atoms with Crippen molar-refractivity contribution in [2.24, 2.45) is 0 Å². The average Bonchev–Trinajstić information content (AvgIpc) is 3.69. The molecule has 0 bridgehead atoms. The van der Waals surface area contributed by atoms with Gasteiger partial charge in [-0.25, -0.2) is 9.97 Å². The molecule has 4 aromatic rings. The highest BCUT2D eigenvalue weighted by Gasteiger charge is 2.28. The fraction of sp³-hybridized carbons (Fsp3) is 0.515. The number of anilines is 2. The standard InChI is InChI=1S/C33H42N6O2S2/c1-36(32-34-26-10-6-8-12-28(26)42-32)24-16-20-38(21-17-24)30(40)14-4-3-5-15-31(41)39-22-18-25(19-23-39)37(2)33-35-27-11-7-9-13-29(27)43-33/h6-13,24-25H,3-5,14-23H2,1-2H3. The molecule has 0 spiro atoms. The van der Waals surface area contributed by atoms with E-state index in [1.165, 1.54) is 9.40 Å². The number of hydrogen-bond donors (Lipinski definition) is 0. The van der Waals surface area contributed by atoms with Crippen LogP contribution in [0.2, 0.25) is 0 Å². The Morgan fingerprint density at radius 2 is 1.07 bits per heavy atom. The second-order valence-corrected chi connectivity index (χ2v) is 14.0. The largest absolute Gasteiger partial charge is 0.348 e. The van der Waals surface area contributed by atoms with Crippen LogP contribution in [0, 0.1) is 0 Å². The Hall–Kier alpha value is -3.24. The van der Waals surface area contributed by atoms with E-state index in [0.717, 1.165) is 92.4 Å². The van der Waals surface area contributed by atoms with Crippen LogP contribution in [0.1, 0.15) is 57.8 Å². The van der Waals surface area contributed by atoms with Gasteiger partial charge in [0.2, 0.25) is 11.8 Å². The van der Waals surface area contributed by atoms with Crippen LogP contribution in [0.15, 0.2) is 48.5 Å². The third kappa shape index (κ3) is 6.96. The first kappa shape index (κ1) is 29.8. The van der Waals surface area contributed by atoms with Crippen molar-refractivity contribution >= 4 is 65.2 Å². The first-order valence-corrected chi connectivity index (χ1v) is 17.3. The first-order chi connectivity index (χ1) is 21.0. The Labute approximate surface area is 262 Å². The van der Waals surface area contributed by atoms with Crippen LogP contribution >= 0.6 is 22.7 Å². The van der Waals surface area contributed by atoms with Crippen LogP contribution in [-0.2, 0) is 9.59 Å². The van der Waals surface area contributed by atoms with Crippen LogP contribution in [0.4, 0.5) is 10.3 Å². The molecule has 0 saturated carbocycles. The van der Waals surface area contributed by atoms with Gasteiger partial charge in [0.05, 0.1) is 20.4 Å². The van der Waals surface area contributed by atoms with Gasteiger partial charge in [-0.15, -0.1) is 0 Å². The zero-order valence-electron chi connectivity index (χ0n) is 25.3. The van der Waals surface area contributed by atoms with Gasteiger partial charge in [-0.2, -0.15) is 0 Å². The van der Waals surface area contributed by atoms with Gasteiger partial charge in [-0.05, 0) is 62.8 Å². The molecule has 2 saturated heterocycles. The number of nitrogens with zero attached hydrogens (tertiary/aromatic N) is 6. The third-order valence-electron chi connectivity index (χ3n) is 9.18. The molecule has 2 aromatic heterocycles. The molecule has 0 aliphatic carbocycles. The Morgan fingerprint density at radius 1 is 0.674 bits per heavy atom. The summed E-state index contributed by atoms with van der Waals surface area (Å²) in [6.07, 6.45) is 7.68. The number of rotatable bonds is 10. The van der Waals surface area contributed by atoms with Crippen molar-refractivity contribution < 1.29 is 9.59 Å². The maximum atomic E-state index is 12.9. The molecule has 2 fully saturated rings. The van der Waals surface area contributed by atoms with E-state index in [0.29, 0.717) is 24.9 Å². The topological polar surface area (TPSA) is 72.9 Å². The number of benzene rings is 2. The van der Waals surface area contributed by atoms with Crippen molar-refractivity contribution in [1.82, 2.24) is 19.8 Å². The lowest BCUT2D eigenvalue weighted by atomic mass is 10.0. The average molecular weight is 619 g/mol. The Kier molecular flexibility index (Phi) is 9.43. The summed E-state index contributed by atoms with van der Waals surface area (Å²) in [7, 11) is 4.26. The molecular formula is C33H42N6O2S2. The summed E-state index contributed by atoms with van der Waals surface area (Å²) in [4.78, 5) is 44.0. The van der Waals surface area contributed by atoms with Gasteiger partial charge < -0.3 is 19.6 Å². The monoisotopic (exact) mass is 618 g/mol. The zero-order chi connectivity index (χ0) is 29.8. The lowest BCUT2D eigenvalue weighted by molar-refractivity contribution is -0.132. The quantitative estimate of drug-likeness (QED) is 0.191. The Bertz CT molecular complexity index is 1360. The van der Waals surface area contributed by atoms with Crippen LogP contribution in [-0.4, -0.2) is 83.9 Å². The number of fused-ring (bicyclic) bond motifs is 2. The number of carbonyl (C=O) groups excluding carboxylic acids is 2.